The van der Waals surface area contributed by atoms with Gasteiger partial charge in [0.1, 0.15) is 10.8 Å². The van der Waals surface area contributed by atoms with Crippen molar-refractivity contribution in [3.63, 3.8) is 0 Å². The standard InChI is InChI=1S/C12H10ClIN4OS/c1-18-11(7(5-16-18)10(15)20)17-12(19)6-2-3-9(14)8(13)4-6/h2-5H,1H3,(H2,15,20)(H,17,19). The number of thiocarbonyl (C=S) groups is 1. The maximum Gasteiger partial charge on any atom is 0.256 e. The van der Waals surface area contributed by atoms with Crippen LogP contribution in [-0.4, -0.2) is 20.7 Å². The Hall–Kier alpha value is -1.19. The van der Waals surface area contributed by atoms with Crippen molar-refractivity contribution in [1.82, 2.24) is 9.78 Å². The van der Waals surface area contributed by atoms with E-state index in [9.17, 15) is 4.79 Å². The maximum atomic E-state index is 12.2. The number of hydrogen-bond donors (Lipinski definition) is 2. The summed E-state index contributed by atoms with van der Waals surface area (Å²) in [6.07, 6.45) is 1.51. The van der Waals surface area contributed by atoms with Gasteiger partial charge >= 0.3 is 0 Å². The first kappa shape index (κ1) is 15.2. The fraction of sp³-hybridized carbons (Fsp3) is 0.0833. The van der Waals surface area contributed by atoms with Gasteiger partial charge in [-0.05, 0) is 40.8 Å². The smallest absolute Gasteiger partial charge is 0.256 e. The highest BCUT2D eigenvalue weighted by Crippen LogP contribution is 2.21. The molecule has 0 aliphatic carbocycles. The quantitative estimate of drug-likeness (QED) is 0.591. The van der Waals surface area contributed by atoms with Gasteiger partial charge in [-0.25, -0.2) is 0 Å². The minimum atomic E-state index is -0.301. The molecule has 0 saturated carbocycles. The van der Waals surface area contributed by atoms with Crippen molar-refractivity contribution in [2.24, 2.45) is 12.8 Å². The van der Waals surface area contributed by atoms with Crippen molar-refractivity contribution in [2.75, 3.05) is 5.32 Å². The van der Waals surface area contributed by atoms with Crippen LogP contribution in [0.25, 0.3) is 0 Å². The van der Waals surface area contributed by atoms with Crippen LogP contribution in [0.4, 0.5) is 5.82 Å². The maximum absolute atomic E-state index is 12.2. The number of halogens is 2. The second-order valence-corrected chi connectivity index (χ2v) is 5.99. The number of amides is 1. The highest BCUT2D eigenvalue weighted by Gasteiger charge is 2.15. The second-order valence-electron chi connectivity index (χ2n) is 3.98. The zero-order valence-electron chi connectivity index (χ0n) is 10.4. The molecule has 5 nitrogen and oxygen atoms in total. The van der Waals surface area contributed by atoms with E-state index in [-0.39, 0.29) is 10.9 Å². The number of nitrogens with one attached hydrogen (secondary N) is 1. The van der Waals surface area contributed by atoms with E-state index < -0.39 is 0 Å². The number of carbonyl (C=O) groups excluding carboxylic acids is 1. The van der Waals surface area contributed by atoms with Crippen LogP contribution in [0, 0.1) is 3.57 Å². The van der Waals surface area contributed by atoms with Gasteiger partial charge in [0.15, 0.2) is 0 Å². The number of benzene rings is 1. The van der Waals surface area contributed by atoms with Crippen molar-refractivity contribution in [2.45, 2.75) is 0 Å². The fourth-order valence-corrected chi connectivity index (χ4v) is 2.25. The molecule has 3 N–H and O–H groups in total. The van der Waals surface area contributed by atoms with Crippen molar-refractivity contribution in [3.05, 3.63) is 44.1 Å². The lowest BCUT2D eigenvalue weighted by Gasteiger charge is -2.08. The molecule has 0 atom stereocenters. The summed E-state index contributed by atoms with van der Waals surface area (Å²) in [5.41, 5.74) is 6.56. The molecule has 104 valence electrons. The van der Waals surface area contributed by atoms with Gasteiger partial charge in [0.2, 0.25) is 0 Å². The lowest BCUT2D eigenvalue weighted by molar-refractivity contribution is 0.102. The van der Waals surface area contributed by atoms with Crippen LogP contribution in [-0.2, 0) is 7.05 Å². The van der Waals surface area contributed by atoms with E-state index in [1.807, 2.05) is 0 Å². The molecule has 1 aromatic heterocycles. The average Bonchev–Trinajstić information content (AvgIpc) is 2.74. The Morgan fingerprint density at radius 1 is 1.55 bits per heavy atom. The molecule has 0 radical (unpaired) electrons. The Labute approximate surface area is 139 Å². The molecule has 0 spiro atoms. The zero-order chi connectivity index (χ0) is 14.9. The number of aryl methyl sites for hydroxylation is 1. The van der Waals surface area contributed by atoms with Gasteiger partial charge in [-0.15, -0.1) is 0 Å². The number of carbonyl (C=O) groups is 1. The van der Waals surface area contributed by atoms with Gasteiger partial charge in [0.25, 0.3) is 5.91 Å². The summed E-state index contributed by atoms with van der Waals surface area (Å²) in [5, 5.41) is 7.29. The summed E-state index contributed by atoms with van der Waals surface area (Å²) < 4.78 is 2.38. The van der Waals surface area contributed by atoms with E-state index >= 15 is 0 Å². The van der Waals surface area contributed by atoms with Crippen molar-refractivity contribution >= 4 is 63.1 Å². The number of nitrogens with zero attached hydrogens (tertiary/aromatic N) is 2. The molecule has 0 saturated heterocycles. The minimum absolute atomic E-state index is 0.175. The fourth-order valence-electron chi connectivity index (χ4n) is 1.58. The SMILES string of the molecule is Cn1ncc(C(N)=S)c1NC(=O)c1ccc(I)c(Cl)c1. The summed E-state index contributed by atoms with van der Waals surface area (Å²) in [6.45, 7) is 0. The van der Waals surface area contributed by atoms with Crippen LogP contribution < -0.4 is 11.1 Å². The number of aromatic nitrogens is 2. The second kappa shape index (κ2) is 6.06. The van der Waals surface area contributed by atoms with Crippen LogP contribution in [0.5, 0.6) is 0 Å². The number of hydrogen-bond acceptors (Lipinski definition) is 3. The Bertz CT molecular complexity index is 701. The molecule has 1 aromatic carbocycles. The lowest BCUT2D eigenvalue weighted by Crippen LogP contribution is -2.18. The van der Waals surface area contributed by atoms with E-state index in [2.05, 4.69) is 33.0 Å². The molecule has 0 unspecified atom stereocenters. The number of nitrogens with two attached hydrogens (primary N) is 1. The molecule has 8 heteroatoms. The Kier molecular flexibility index (Phi) is 4.61. The summed E-state index contributed by atoms with van der Waals surface area (Å²) in [4.78, 5) is 12.4. The molecule has 1 amide bonds. The van der Waals surface area contributed by atoms with Gasteiger partial charge in [-0.3, -0.25) is 9.48 Å². The van der Waals surface area contributed by atoms with Crippen LogP contribution >= 0.6 is 46.4 Å². The molecular formula is C12H10ClIN4OS. The van der Waals surface area contributed by atoms with Crippen LogP contribution in [0.2, 0.25) is 5.02 Å². The highest BCUT2D eigenvalue weighted by atomic mass is 127. The van der Waals surface area contributed by atoms with Gasteiger partial charge in [0.05, 0.1) is 16.8 Å². The van der Waals surface area contributed by atoms with Gasteiger partial charge in [-0.2, -0.15) is 5.10 Å². The number of rotatable bonds is 3. The van der Waals surface area contributed by atoms with Crippen molar-refractivity contribution in [3.8, 4) is 0 Å². The molecule has 2 aromatic rings. The monoisotopic (exact) mass is 420 g/mol. The van der Waals surface area contributed by atoms with Crippen LogP contribution in [0.1, 0.15) is 15.9 Å². The van der Waals surface area contributed by atoms with Gasteiger partial charge < -0.3 is 11.1 Å². The van der Waals surface area contributed by atoms with Crippen molar-refractivity contribution < 1.29 is 4.79 Å². The summed E-state index contributed by atoms with van der Waals surface area (Å²) in [5.74, 6) is 0.154. The average molecular weight is 421 g/mol. The Morgan fingerprint density at radius 3 is 2.85 bits per heavy atom. The summed E-state index contributed by atoms with van der Waals surface area (Å²) >= 11 is 13.0. The zero-order valence-corrected chi connectivity index (χ0v) is 14.1. The predicted octanol–water partition coefficient (Wildman–Crippen LogP) is 2.56. The van der Waals surface area contributed by atoms with E-state index in [4.69, 9.17) is 29.6 Å². The van der Waals surface area contributed by atoms with Crippen LogP contribution in [0.3, 0.4) is 0 Å². The van der Waals surface area contributed by atoms with E-state index in [0.717, 1.165) is 3.57 Å². The van der Waals surface area contributed by atoms with E-state index in [1.54, 1.807) is 25.2 Å². The first-order valence-corrected chi connectivity index (χ1v) is 7.35. The Morgan fingerprint density at radius 2 is 2.25 bits per heavy atom. The molecule has 20 heavy (non-hydrogen) atoms. The molecule has 0 fully saturated rings. The Balaban J connectivity index is 2.30. The molecule has 0 aliphatic rings. The molecular weight excluding hydrogens is 411 g/mol. The highest BCUT2D eigenvalue weighted by molar-refractivity contribution is 14.1. The molecule has 0 bridgehead atoms. The minimum Gasteiger partial charge on any atom is -0.389 e. The summed E-state index contributed by atoms with van der Waals surface area (Å²) in [6, 6.07) is 5.07. The first-order chi connectivity index (χ1) is 9.40. The van der Waals surface area contributed by atoms with Gasteiger partial charge in [-0.1, -0.05) is 23.8 Å². The van der Waals surface area contributed by atoms with Crippen LogP contribution in [0.15, 0.2) is 24.4 Å². The third-order valence-corrected chi connectivity index (χ3v) is 4.41. The summed E-state index contributed by atoms with van der Waals surface area (Å²) in [7, 11) is 1.69. The van der Waals surface area contributed by atoms with Crippen molar-refractivity contribution in [1.29, 1.82) is 0 Å². The largest absolute Gasteiger partial charge is 0.389 e. The third-order valence-electron chi connectivity index (χ3n) is 2.62. The lowest BCUT2D eigenvalue weighted by atomic mass is 10.2. The normalized spacial score (nSPS) is 10.3. The topological polar surface area (TPSA) is 72.9 Å². The van der Waals surface area contributed by atoms with E-state index in [0.29, 0.717) is 22.0 Å². The molecule has 1 heterocycles. The predicted molar refractivity (Wildman–Crippen MR) is 91.2 cm³/mol. The van der Waals surface area contributed by atoms with E-state index in [1.165, 1.54) is 10.9 Å². The third kappa shape index (κ3) is 3.10. The van der Waals surface area contributed by atoms with Gasteiger partial charge in [0, 0.05) is 16.2 Å². The first-order valence-electron chi connectivity index (χ1n) is 5.48. The molecule has 2 rings (SSSR count). The number of anilines is 1. The molecule has 0 aliphatic heterocycles.